The summed E-state index contributed by atoms with van der Waals surface area (Å²) < 4.78 is 0. The Bertz CT molecular complexity index is 147. The van der Waals surface area contributed by atoms with Gasteiger partial charge in [-0.1, -0.05) is 0 Å². The molecule has 0 saturated heterocycles. The maximum Gasteiger partial charge on any atom is 0.137 e. The number of hydrogen-bond acceptors (Lipinski definition) is 3. The predicted molar refractivity (Wildman–Crippen MR) is 46.7 cm³/mol. The number of aliphatic hydroxyl groups is 1. The van der Waals surface area contributed by atoms with E-state index in [0.29, 0.717) is 12.2 Å². The summed E-state index contributed by atoms with van der Waals surface area (Å²) in [5.41, 5.74) is 0. The summed E-state index contributed by atoms with van der Waals surface area (Å²) in [6.45, 7) is 0.178. The van der Waals surface area contributed by atoms with Crippen LogP contribution < -0.4 is 0 Å². The number of rotatable bonds is 3. The normalized spacial score (nSPS) is 31.3. The summed E-state index contributed by atoms with van der Waals surface area (Å²) in [5.74, 6) is 1.60. The number of thioether (sulfide) groups is 1. The van der Waals surface area contributed by atoms with Gasteiger partial charge in [0.1, 0.15) is 5.78 Å². The fraction of sp³-hybridized carbons (Fsp3) is 0.875. The van der Waals surface area contributed by atoms with Crippen molar-refractivity contribution < 1.29 is 9.90 Å². The molecule has 0 aromatic heterocycles. The van der Waals surface area contributed by atoms with Gasteiger partial charge in [-0.2, -0.15) is 11.8 Å². The third-order valence-corrected chi connectivity index (χ3v) is 3.02. The van der Waals surface area contributed by atoms with Crippen molar-refractivity contribution in [3.63, 3.8) is 0 Å². The van der Waals surface area contributed by atoms with Gasteiger partial charge in [0.05, 0.1) is 0 Å². The van der Waals surface area contributed by atoms with Crippen molar-refractivity contribution >= 4 is 17.5 Å². The average Bonchev–Trinajstić information content (AvgIpc) is 2.34. The molecule has 64 valence electrons. The minimum Gasteiger partial charge on any atom is -0.396 e. The van der Waals surface area contributed by atoms with Gasteiger partial charge in [0, 0.05) is 24.7 Å². The number of hydrogen-bond donors (Lipinski definition) is 1. The van der Waals surface area contributed by atoms with Crippen molar-refractivity contribution in [3.8, 4) is 0 Å². The summed E-state index contributed by atoms with van der Waals surface area (Å²) in [4.78, 5) is 11.2. The van der Waals surface area contributed by atoms with E-state index in [9.17, 15) is 4.79 Å². The van der Waals surface area contributed by atoms with Crippen molar-refractivity contribution in [2.24, 2.45) is 11.8 Å². The van der Waals surface area contributed by atoms with E-state index in [-0.39, 0.29) is 18.4 Å². The predicted octanol–water partition coefficient (Wildman–Crippen LogP) is 0.937. The lowest BCUT2D eigenvalue weighted by molar-refractivity contribution is -0.120. The Balaban J connectivity index is 2.49. The van der Waals surface area contributed by atoms with Crippen molar-refractivity contribution in [1.29, 1.82) is 0 Å². The first-order valence-electron chi connectivity index (χ1n) is 3.92. The van der Waals surface area contributed by atoms with Crippen molar-refractivity contribution in [2.75, 3.05) is 18.6 Å². The second-order valence-corrected chi connectivity index (χ2v) is 3.92. The zero-order valence-corrected chi connectivity index (χ0v) is 7.56. The van der Waals surface area contributed by atoms with Gasteiger partial charge in [0.15, 0.2) is 0 Å². The van der Waals surface area contributed by atoms with Crippen LogP contribution in [0, 0.1) is 11.8 Å². The van der Waals surface area contributed by atoms with Gasteiger partial charge in [-0.15, -0.1) is 0 Å². The molecule has 1 saturated carbocycles. The number of Topliss-reactive ketones (excluding diaryl/α,β-unsaturated/α-hetero) is 1. The summed E-state index contributed by atoms with van der Waals surface area (Å²) in [7, 11) is 0. The molecule has 0 radical (unpaired) electrons. The summed E-state index contributed by atoms with van der Waals surface area (Å²) >= 11 is 1.69. The molecular formula is C8H14O2S. The van der Waals surface area contributed by atoms with Crippen molar-refractivity contribution in [1.82, 2.24) is 0 Å². The van der Waals surface area contributed by atoms with Gasteiger partial charge in [0.2, 0.25) is 0 Å². The van der Waals surface area contributed by atoms with Crippen molar-refractivity contribution in [3.05, 3.63) is 0 Å². The van der Waals surface area contributed by atoms with Crippen LogP contribution in [0.4, 0.5) is 0 Å². The second kappa shape index (κ2) is 4.12. The topological polar surface area (TPSA) is 37.3 Å². The first kappa shape index (κ1) is 9.07. The molecule has 1 aliphatic carbocycles. The minimum atomic E-state index is 0.134. The van der Waals surface area contributed by atoms with Crippen LogP contribution in [0.5, 0.6) is 0 Å². The zero-order valence-electron chi connectivity index (χ0n) is 6.75. The molecule has 0 aromatic carbocycles. The van der Waals surface area contributed by atoms with Gasteiger partial charge in [-0.25, -0.2) is 0 Å². The standard InChI is InChI=1S/C8H14O2S/c1-11-5-7-6(4-9)2-3-8(7)10/h6-7,9H,2-5H2,1H3/t6-,7-/m0/s1. The molecule has 0 amide bonds. The molecule has 1 rings (SSSR count). The van der Waals surface area contributed by atoms with E-state index >= 15 is 0 Å². The highest BCUT2D eigenvalue weighted by atomic mass is 32.2. The van der Waals surface area contributed by atoms with Crippen LogP contribution in [-0.2, 0) is 4.79 Å². The largest absolute Gasteiger partial charge is 0.396 e. The molecular weight excluding hydrogens is 160 g/mol. The molecule has 0 aromatic rings. The molecule has 2 atom stereocenters. The monoisotopic (exact) mass is 174 g/mol. The Morgan fingerprint density at radius 3 is 3.00 bits per heavy atom. The van der Waals surface area contributed by atoms with Gasteiger partial charge in [-0.3, -0.25) is 4.79 Å². The summed E-state index contributed by atoms with van der Waals surface area (Å²) in [6.07, 6.45) is 3.57. The quantitative estimate of drug-likeness (QED) is 0.692. The van der Waals surface area contributed by atoms with Gasteiger partial charge in [0.25, 0.3) is 0 Å². The van der Waals surface area contributed by atoms with E-state index in [0.717, 1.165) is 12.2 Å². The van der Waals surface area contributed by atoms with Crippen LogP contribution in [0.3, 0.4) is 0 Å². The maximum atomic E-state index is 11.2. The molecule has 0 bridgehead atoms. The van der Waals surface area contributed by atoms with Crippen LogP contribution in [0.2, 0.25) is 0 Å². The number of aliphatic hydroxyl groups excluding tert-OH is 1. The third-order valence-electron chi connectivity index (χ3n) is 2.32. The zero-order chi connectivity index (χ0) is 8.27. The van der Waals surface area contributed by atoms with Crippen LogP contribution >= 0.6 is 11.8 Å². The van der Waals surface area contributed by atoms with E-state index < -0.39 is 0 Å². The summed E-state index contributed by atoms with van der Waals surface area (Å²) in [5, 5.41) is 8.92. The molecule has 3 heteroatoms. The Hall–Kier alpha value is -0.0200. The highest BCUT2D eigenvalue weighted by Crippen LogP contribution is 2.30. The van der Waals surface area contributed by atoms with Crippen LogP contribution in [0.25, 0.3) is 0 Å². The van der Waals surface area contributed by atoms with E-state index in [2.05, 4.69) is 0 Å². The Kier molecular flexibility index (Phi) is 3.40. The lowest BCUT2D eigenvalue weighted by Crippen LogP contribution is -2.19. The number of ketones is 1. The lowest BCUT2D eigenvalue weighted by Gasteiger charge is -2.13. The molecule has 1 N–H and O–H groups in total. The number of carbonyl (C=O) groups is 1. The third kappa shape index (κ3) is 1.97. The molecule has 1 fully saturated rings. The fourth-order valence-electron chi connectivity index (χ4n) is 1.60. The Morgan fingerprint density at radius 2 is 2.45 bits per heavy atom. The Labute approximate surface area is 71.4 Å². The first-order valence-corrected chi connectivity index (χ1v) is 5.31. The first-order chi connectivity index (χ1) is 5.29. The molecule has 11 heavy (non-hydrogen) atoms. The van der Waals surface area contributed by atoms with E-state index in [4.69, 9.17) is 5.11 Å². The van der Waals surface area contributed by atoms with Crippen molar-refractivity contribution in [2.45, 2.75) is 12.8 Å². The highest BCUT2D eigenvalue weighted by Gasteiger charge is 2.33. The highest BCUT2D eigenvalue weighted by molar-refractivity contribution is 7.98. The van der Waals surface area contributed by atoms with Crippen LogP contribution in [-0.4, -0.2) is 29.5 Å². The fourth-order valence-corrected chi connectivity index (χ4v) is 2.42. The number of carbonyl (C=O) groups excluding carboxylic acids is 1. The second-order valence-electron chi connectivity index (χ2n) is 3.01. The van der Waals surface area contributed by atoms with E-state index in [1.807, 2.05) is 6.26 Å². The molecule has 0 heterocycles. The summed E-state index contributed by atoms with van der Waals surface area (Å²) in [6, 6.07) is 0. The van der Waals surface area contributed by atoms with E-state index in [1.54, 1.807) is 11.8 Å². The molecule has 2 nitrogen and oxygen atoms in total. The van der Waals surface area contributed by atoms with Crippen LogP contribution in [0.15, 0.2) is 0 Å². The maximum absolute atomic E-state index is 11.2. The van der Waals surface area contributed by atoms with E-state index in [1.165, 1.54) is 0 Å². The molecule has 0 aliphatic heterocycles. The molecule has 0 spiro atoms. The van der Waals surface area contributed by atoms with Gasteiger partial charge >= 0.3 is 0 Å². The SMILES string of the molecule is CSC[C@@H]1C(=O)CC[C@H]1CO. The minimum absolute atomic E-state index is 0.134. The lowest BCUT2D eigenvalue weighted by atomic mass is 9.99. The smallest absolute Gasteiger partial charge is 0.137 e. The van der Waals surface area contributed by atoms with Crippen LogP contribution in [0.1, 0.15) is 12.8 Å². The average molecular weight is 174 g/mol. The molecule has 1 aliphatic rings. The Morgan fingerprint density at radius 1 is 1.73 bits per heavy atom. The molecule has 0 unspecified atom stereocenters. The van der Waals surface area contributed by atoms with Gasteiger partial charge in [-0.05, 0) is 18.6 Å². The van der Waals surface area contributed by atoms with Gasteiger partial charge < -0.3 is 5.11 Å².